The number of carbonyl (C=O) groups excluding carboxylic acids is 1. The summed E-state index contributed by atoms with van der Waals surface area (Å²) in [6, 6.07) is 6.59. The predicted molar refractivity (Wildman–Crippen MR) is 117 cm³/mol. The highest BCUT2D eigenvalue weighted by molar-refractivity contribution is 5.88. The molecule has 2 fully saturated rings. The van der Waals surface area contributed by atoms with Crippen LogP contribution in [0.3, 0.4) is 0 Å². The van der Waals surface area contributed by atoms with Crippen LogP contribution >= 0.6 is 0 Å². The number of carboxylic acid groups (broad SMARTS) is 1. The zero-order valence-electron chi connectivity index (χ0n) is 17.2. The van der Waals surface area contributed by atoms with Gasteiger partial charge in [-0.3, -0.25) is 9.79 Å². The minimum Gasteiger partial charge on any atom is -0.478 e. The van der Waals surface area contributed by atoms with Crippen LogP contribution in [0.15, 0.2) is 47.4 Å². The second kappa shape index (κ2) is 8.55. The predicted octanol–water partition coefficient (Wildman–Crippen LogP) is 2.05. The molecule has 2 aromatic rings. The number of aryl methyl sites for hydroxylation is 1. The lowest BCUT2D eigenvalue weighted by Gasteiger charge is -2.37. The molecule has 0 unspecified atom stereocenters. The van der Waals surface area contributed by atoms with E-state index in [1.807, 2.05) is 11.8 Å². The molecule has 31 heavy (non-hydrogen) atoms. The lowest BCUT2D eigenvalue weighted by Crippen LogP contribution is -2.53. The second-order valence-electron chi connectivity index (χ2n) is 7.80. The smallest absolute Gasteiger partial charge is 0.335 e. The van der Waals surface area contributed by atoms with Gasteiger partial charge in [0.05, 0.1) is 23.0 Å². The van der Waals surface area contributed by atoms with Crippen LogP contribution in [-0.2, 0) is 4.79 Å². The zero-order valence-corrected chi connectivity index (χ0v) is 17.2. The molecule has 0 spiro atoms. The Hall–Kier alpha value is -3.75. The van der Waals surface area contributed by atoms with Crippen molar-refractivity contribution >= 4 is 24.0 Å². The van der Waals surface area contributed by atoms with Crippen LogP contribution < -0.4 is 11.1 Å². The number of nitrogens with one attached hydrogen (secondary N) is 1. The highest BCUT2D eigenvalue weighted by atomic mass is 16.4. The van der Waals surface area contributed by atoms with Gasteiger partial charge < -0.3 is 21.1 Å². The van der Waals surface area contributed by atoms with Crippen LogP contribution in [0.2, 0.25) is 0 Å². The molecular weight excluding hydrogens is 396 g/mol. The van der Waals surface area contributed by atoms with E-state index < -0.39 is 5.97 Å². The number of amides is 1. The second-order valence-corrected chi connectivity index (χ2v) is 7.80. The van der Waals surface area contributed by atoms with Gasteiger partial charge in [-0.1, -0.05) is 12.1 Å². The van der Waals surface area contributed by atoms with E-state index in [0.717, 1.165) is 24.0 Å². The van der Waals surface area contributed by atoms with Crippen molar-refractivity contribution in [2.75, 3.05) is 18.4 Å². The number of aliphatic imine (C=N–C) groups is 1. The van der Waals surface area contributed by atoms with E-state index in [9.17, 15) is 9.59 Å². The van der Waals surface area contributed by atoms with Gasteiger partial charge in [0.25, 0.3) is 0 Å². The Morgan fingerprint density at radius 3 is 2.58 bits per heavy atom. The molecule has 0 bridgehead atoms. The van der Waals surface area contributed by atoms with Gasteiger partial charge in [0.15, 0.2) is 0 Å². The van der Waals surface area contributed by atoms with E-state index in [2.05, 4.69) is 20.3 Å². The van der Waals surface area contributed by atoms with E-state index in [1.54, 1.807) is 36.7 Å². The van der Waals surface area contributed by atoms with Crippen molar-refractivity contribution in [2.45, 2.75) is 25.8 Å². The molecule has 1 aromatic carbocycles. The third-order valence-corrected chi connectivity index (χ3v) is 5.34. The van der Waals surface area contributed by atoms with Gasteiger partial charge in [0.1, 0.15) is 0 Å². The van der Waals surface area contributed by atoms with Gasteiger partial charge in [-0.15, -0.1) is 0 Å². The first-order valence-electron chi connectivity index (χ1n) is 10.1. The van der Waals surface area contributed by atoms with E-state index in [-0.39, 0.29) is 23.4 Å². The fraction of sp³-hybridized carbons (Fsp3) is 0.318. The number of allylic oxidation sites excluding steroid dienone is 1. The summed E-state index contributed by atoms with van der Waals surface area (Å²) in [5, 5.41) is 12.1. The highest BCUT2D eigenvalue weighted by Gasteiger charge is 2.38. The van der Waals surface area contributed by atoms with Crippen LogP contribution in [-0.4, -0.2) is 57.2 Å². The molecular formula is C22H24N6O3. The van der Waals surface area contributed by atoms with Gasteiger partial charge in [0.2, 0.25) is 11.9 Å². The first-order chi connectivity index (χ1) is 14.9. The number of aromatic carboxylic acids is 1. The molecule has 9 heteroatoms. The van der Waals surface area contributed by atoms with Crippen molar-refractivity contribution in [3.8, 4) is 11.3 Å². The number of carboxylic acids is 1. The third kappa shape index (κ3) is 4.71. The summed E-state index contributed by atoms with van der Waals surface area (Å²) >= 11 is 0. The molecule has 1 aliphatic heterocycles. The van der Waals surface area contributed by atoms with Crippen LogP contribution in [0, 0.1) is 12.8 Å². The number of benzene rings is 1. The van der Waals surface area contributed by atoms with E-state index in [1.165, 1.54) is 6.20 Å². The molecule has 1 saturated heterocycles. The number of nitrogens with two attached hydrogens (primary N) is 1. The molecule has 2 aliphatic rings. The molecule has 1 aromatic heterocycles. The van der Waals surface area contributed by atoms with Crippen LogP contribution in [0.5, 0.6) is 0 Å². The summed E-state index contributed by atoms with van der Waals surface area (Å²) < 4.78 is 0. The van der Waals surface area contributed by atoms with Crippen LogP contribution in [0.25, 0.3) is 11.3 Å². The maximum atomic E-state index is 12.0. The monoisotopic (exact) mass is 420 g/mol. The van der Waals surface area contributed by atoms with Gasteiger partial charge in [-0.2, -0.15) is 0 Å². The first kappa shape index (κ1) is 20.5. The van der Waals surface area contributed by atoms with Crippen molar-refractivity contribution in [3.63, 3.8) is 0 Å². The van der Waals surface area contributed by atoms with Crippen molar-refractivity contribution in [1.82, 2.24) is 14.9 Å². The number of anilines is 1. The Kier molecular flexibility index (Phi) is 5.66. The maximum Gasteiger partial charge on any atom is 0.335 e. The molecule has 4 N–H and O–H groups in total. The Bertz CT molecular complexity index is 1050. The summed E-state index contributed by atoms with van der Waals surface area (Å²) in [6.45, 7) is 3.17. The molecule has 4 rings (SSSR count). The van der Waals surface area contributed by atoms with Gasteiger partial charge in [0, 0.05) is 43.2 Å². The highest BCUT2D eigenvalue weighted by Crippen LogP contribution is 2.32. The molecule has 2 heterocycles. The van der Waals surface area contributed by atoms with Crippen molar-refractivity contribution in [3.05, 3.63) is 53.5 Å². The Morgan fingerprint density at radius 2 is 1.97 bits per heavy atom. The van der Waals surface area contributed by atoms with E-state index >= 15 is 0 Å². The van der Waals surface area contributed by atoms with E-state index in [4.69, 9.17) is 10.8 Å². The minimum absolute atomic E-state index is 0.0710. The topological polar surface area (TPSA) is 134 Å². The first-order valence-corrected chi connectivity index (χ1v) is 10.1. The molecule has 160 valence electrons. The number of hydrogen-bond donors (Lipinski definition) is 3. The van der Waals surface area contributed by atoms with E-state index in [0.29, 0.717) is 30.4 Å². The van der Waals surface area contributed by atoms with Crippen molar-refractivity contribution in [1.29, 1.82) is 0 Å². The Balaban J connectivity index is 1.40. The summed E-state index contributed by atoms with van der Waals surface area (Å²) in [5.41, 5.74) is 8.82. The molecule has 9 nitrogen and oxygen atoms in total. The largest absolute Gasteiger partial charge is 0.478 e. The summed E-state index contributed by atoms with van der Waals surface area (Å²) in [4.78, 5) is 38.2. The number of nitrogens with zero attached hydrogens (tertiary/aromatic N) is 4. The SMILES string of the molecule is Cc1cnc(NC(C=NC2CN(C(=O)C3CC3)C2)=CN)nc1-c1ccc(C(=O)O)cc1. The normalized spacial score (nSPS) is 16.9. The number of rotatable bonds is 7. The molecule has 1 saturated carbocycles. The minimum atomic E-state index is -0.975. The lowest BCUT2D eigenvalue weighted by molar-refractivity contribution is -0.136. The Labute approximate surface area is 179 Å². The average Bonchev–Trinajstić information content (AvgIpc) is 3.58. The van der Waals surface area contributed by atoms with Gasteiger partial charge >= 0.3 is 5.97 Å². The standard InChI is InChI=1S/C22H24N6O3/c1-13-9-25-22(27-19(13)14-2-6-16(7-3-14)21(30)31)26-17(8-23)10-24-18-11-28(12-18)20(29)15-4-5-15/h2-3,6-10,15,18H,4-5,11-12,23H2,1H3,(H,30,31)(H,25,26,27). The number of likely N-dealkylation sites (tertiary alicyclic amines) is 1. The molecule has 0 radical (unpaired) electrons. The summed E-state index contributed by atoms with van der Waals surface area (Å²) in [5.74, 6) is -0.141. The summed E-state index contributed by atoms with van der Waals surface area (Å²) in [7, 11) is 0. The number of carbonyl (C=O) groups is 2. The fourth-order valence-electron chi connectivity index (χ4n) is 3.31. The maximum absolute atomic E-state index is 12.0. The van der Waals surface area contributed by atoms with Crippen molar-refractivity contribution in [2.24, 2.45) is 16.6 Å². The molecule has 0 atom stereocenters. The van der Waals surface area contributed by atoms with Gasteiger partial charge in [-0.25, -0.2) is 14.8 Å². The quantitative estimate of drug-likeness (QED) is 0.584. The fourth-order valence-corrected chi connectivity index (χ4v) is 3.31. The zero-order chi connectivity index (χ0) is 22.0. The van der Waals surface area contributed by atoms with Crippen LogP contribution in [0.4, 0.5) is 5.95 Å². The van der Waals surface area contributed by atoms with Gasteiger partial charge in [-0.05, 0) is 37.5 Å². The Morgan fingerprint density at radius 1 is 1.26 bits per heavy atom. The number of hydrogen-bond acceptors (Lipinski definition) is 7. The number of aromatic nitrogens is 2. The van der Waals surface area contributed by atoms with Crippen molar-refractivity contribution < 1.29 is 14.7 Å². The lowest BCUT2D eigenvalue weighted by atomic mass is 10.1. The summed E-state index contributed by atoms with van der Waals surface area (Å²) in [6.07, 6.45) is 6.73. The average molecular weight is 420 g/mol. The van der Waals surface area contributed by atoms with Crippen LogP contribution in [0.1, 0.15) is 28.8 Å². The third-order valence-electron chi connectivity index (χ3n) is 5.34. The molecule has 1 aliphatic carbocycles. The molecule has 1 amide bonds.